The van der Waals surface area contributed by atoms with Gasteiger partial charge in [0.1, 0.15) is 0 Å². The molecule has 0 bridgehead atoms. The molecule has 17 heavy (non-hydrogen) atoms. The van der Waals surface area contributed by atoms with E-state index < -0.39 is 0 Å². The minimum atomic E-state index is 0.584. The van der Waals surface area contributed by atoms with Gasteiger partial charge in [0.15, 0.2) is 0 Å². The molecule has 1 aliphatic heterocycles. The third-order valence-corrected chi connectivity index (χ3v) is 3.19. The second kappa shape index (κ2) is 4.67. The fourth-order valence-corrected chi connectivity index (χ4v) is 2.28. The molecule has 0 spiro atoms. The first-order valence-corrected chi connectivity index (χ1v) is 6.09. The van der Waals surface area contributed by atoms with E-state index in [-0.39, 0.29) is 0 Å². The molecule has 0 radical (unpaired) electrons. The van der Waals surface area contributed by atoms with Gasteiger partial charge in [0.05, 0.1) is 12.2 Å². The molecule has 1 N–H and O–H groups in total. The summed E-state index contributed by atoms with van der Waals surface area (Å²) in [6, 6.07) is 6.62. The lowest BCUT2D eigenvalue weighted by molar-refractivity contribution is 0.477. The zero-order valence-corrected chi connectivity index (χ0v) is 9.71. The lowest BCUT2D eigenvalue weighted by Gasteiger charge is -2.09. The van der Waals surface area contributed by atoms with Gasteiger partial charge in [0.2, 0.25) is 0 Å². The van der Waals surface area contributed by atoms with Crippen molar-refractivity contribution in [2.45, 2.75) is 25.4 Å². The maximum atomic E-state index is 4.59. The van der Waals surface area contributed by atoms with Gasteiger partial charge in [-0.3, -0.25) is 9.67 Å². The first-order chi connectivity index (χ1) is 8.42. The summed E-state index contributed by atoms with van der Waals surface area (Å²) >= 11 is 0. The van der Waals surface area contributed by atoms with Crippen molar-refractivity contribution in [3.63, 3.8) is 0 Å². The van der Waals surface area contributed by atoms with Crippen LogP contribution < -0.4 is 5.32 Å². The van der Waals surface area contributed by atoms with Crippen LogP contribution in [-0.4, -0.2) is 27.4 Å². The Bertz CT molecular complexity index is 471. The molecule has 3 heterocycles. The topological polar surface area (TPSA) is 42.7 Å². The van der Waals surface area contributed by atoms with Crippen molar-refractivity contribution in [2.75, 3.05) is 6.54 Å². The Hall–Kier alpha value is -1.68. The van der Waals surface area contributed by atoms with Crippen LogP contribution in [0.15, 0.2) is 36.8 Å². The van der Waals surface area contributed by atoms with E-state index >= 15 is 0 Å². The lowest BCUT2D eigenvalue weighted by Crippen LogP contribution is -2.26. The molecule has 1 atom stereocenters. The molecular formula is C13H16N4. The smallest absolute Gasteiger partial charge is 0.0924 e. The van der Waals surface area contributed by atoms with Crippen molar-refractivity contribution < 1.29 is 0 Å². The van der Waals surface area contributed by atoms with Crippen molar-refractivity contribution in [1.29, 1.82) is 0 Å². The van der Waals surface area contributed by atoms with E-state index in [1.54, 1.807) is 12.4 Å². The molecule has 3 rings (SSSR count). The largest absolute Gasteiger partial charge is 0.312 e. The fourth-order valence-electron chi connectivity index (χ4n) is 2.28. The zero-order valence-electron chi connectivity index (χ0n) is 9.71. The highest BCUT2D eigenvalue weighted by Crippen LogP contribution is 2.16. The van der Waals surface area contributed by atoms with Gasteiger partial charge in [-0.05, 0) is 37.6 Å². The van der Waals surface area contributed by atoms with Gasteiger partial charge in [-0.2, -0.15) is 5.10 Å². The van der Waals surface area contributed by atoms with Crippen LogP contribution in [0.4, 0.5) is 0 Å². The molecule has 1 aliphatic rings. The SMILES string of the molecule is c1cc(-c2ccn(C[C@@H]3CCCN3)n2)ccn1. The maximum Gasteiger partial charge on any atom is 0.0924 e. The summed E-state index contributed by atoms with van der Waals surface area (Å²) in [6.07, 6.45) is 8.18. The predicted octanol–water partition coefficient (Wildman–Crippen LogP) is 1.70. The average Bonchev–Trinajstić information content (AvgIpc) is 3.02. The average molecular weight is 228 g/mol. The first kappa shape index (κ1) is 10.5. The van der Waals surface area contributed by atoms with E-state index in [1.807, 2.05) is 16.8 Å². The van der Waals surface area contributed by atoms with Crippen molar-refractivity contribution in [2.24, 2.45) is 0 Å². The number of rotatable bonds is 3. The molecule has 4 heteroatoms. The van der Waals surface area contributed by atoms with Crippen LogP contribution in [0.2, 0.25) is 0 Å². The van der Waals surface area contributed by atoms with Crippen LogP contribution in [-0.2, 0) is 6.54 Å². The van der Waals surface area contributed by atoms with E-state index in [1.165, 1.54) is 12.8 Å². The number of nitrogens with zero attached hydrogens (tertiary/aromatic N) is 3. The monoisotopic (exact) mass is 228 g/mol. The molecule has 0 saturated carbocycles. The third kappa shape index (κ3) is 2.36. The highest BCUT2D eigenvalue weighted by atomic mass is 15.3. The summed E-state index contributed by atoms with van der Waals surface area (Å²) in [5, 5.41) is 8.08. The summed E-state index contributed by atoms with van der Waals surface area (Å²) in [5.41, 5.74) is 2.14. The van der Waals surface area contributed by atoms with Gasteiger partial charge in [0.25, 0.3) is 0 Å². The van der Waals surface area contributed by atoms with Crippen molar-refractivity contribution in [3.8, 4) is 11.3 Å². The Morgan fingerprint density at radius 2 is 2.18 bits per heavy atom. The van der Waals surface area contributed by atoms with Crippen LogP contribution in [0.5, 0.6) is 0 Å². The van der Waals surface area contributed by atoms with Crippen molar-refractivity contribution in [1.82, 2.24) is 20.1 Å². The maximum absolute atomic E-state index is 4.59. The molecule has 88 valence electrons. The number of hydrogen-bond donors (Lipinski definition) is 1. The van der Waals surface area contributed by atoms with Gasteiger partial charge in [-0.1, -0.05) is 0 Å². The number of pyridine rings is 1. The zero-order chi connectivity index (χ0) is 11.5. The Kier molecular flexibility index (Phi) is 2.88. The molecule has 0 amide bonds. The molecule has 2 aromatic rings. The summed E-state index contributed by atoms with van der Waals surface area (Å²) < 4.78 is 2.03. The Balaban J connectivity index is 1.74. The summed E-state index contributed by atoms with van der Waals surface area (Å²) in [6.45, 7) is 2.11. The molecule has 1 saturated heterocycles. The highest BCUT2D eigenvalue weighted by Gasteiger charge is 2.14. The van der Waals surface area contributed by atoms with Gasteiger partial charge in [-0.25, -0.2) is 0 Å². The Morgan fingerprint density at radius 1 is 1.29 bits per heavy atom. The molecule has 0 aromatic carbocycles. The second-order valence-electron chi connectivity index (χ2n) is 4.45. The van der Waals surface area contributed by atoms with Crippen LogP contribution in [0.1, 0.15) is 12.8 Å². The number of hydrogen-bond acceptors (Lipinski definition) is 3. The van der Waals surface area contributed by atoms with E-state index in [4.69, 9.17) is 0 Å². The third-order valence-electron chi connectivity index (χ3n) is 3.19. The lowest BCUT2D eigenvalue weighted by atomic mass is 10.2. The Morgan fingerprint density at radius 3 is 2.94 bits per heavy atom. The van der Waals surface area contributed by atoms with Crippen molar-refractivity contribution >= 4 is 0 Å². The normalized spacial score (nSPS) is 19.6. The van der Waals surface area contributed by atoms with Gasteiger partial charge in [0, 0.05) is 30.2 Å². The van der Waals surface area contributed by atoms with E-state index in [0.29, 0.717) is 6.04 Å². The van der Waals surface area contributed by atoms with E-state index in [2.05, 4.69) is 27.7 Å². The molecule has 2 aromatic heterocycles. The van der Waals surface area contributed by atoms with Crippen molar-refractivity contribution in [3.05, 3.63) is 36.8 Å². The summed E-state index contributed by atoms with van der Waals surface area (Å²) in [7, 11) is 0. The molecular weight excluding hydrogens is 212 g/mol. The minimum absolute atomic E-state index is 0.584. The van der Waals surface area contributed by atoms with Gasteiger partial charge < -0.3 is 5.32 Å². The summed E-state index contributed by atoms with van der Waals surface area (Å²) in [4.78, 5) is 4.02. The number of nitrogens with one attached hydrogen (secondary N) is 1. The van der Waals surface area contributed by atoms with Gasteiger partial charge >= 0.3 is 0 Å². The van der Waals surface area contributed by atoms with Crippen LogP contribution >= 0.6 is 0 Å². The fraction of sp³-hybridized carbons (Fsp3) is 0.385. The quantitative estimate of drug-likeness (QED) is 0.869. The van der Waals surface area contributed by atoms with E-state index in [9.17, 15) is 0 Å². The van der Waals surface area contributed by atoms with Crippen LogP contribution in [0.3, 0.4) is 0 Å². The first-order valence-electron chi connectivity index (χ1n) is 6.09. The standard InChI is InChI=1S/C13H16N4/c1-2-12(15-6-1)10-17-9-5-13(16-17)11-3-7-14-8-4-11/h3-5,7-9,12,15H,1-2,6,10H2/t12-/m0/s1. The Labute approximate surface area is 101 Å². The minimum Gasteiger partial charge on any atom is -0.312 e. The molecule has 0 aliphatic carbocycles. The second-order valence-corrected chi connectivity index (χ2v) is 4.45. The predicted molar refractivity (Wildman–Crippen MR) is 66.5 cm³/mol. The molecule has 0 unspecified atom stereocenters. The number of aromatic nitrogens is 3. The van der Waals surface area contributed by atoms with Crippen LogP contribution in [0.25, 0.3) is 11.3 Å². The van der Waals surface area contributed by atoms with Gasteiger partial charge in [-0.15, -0.1) is 0 Å². The highest BCUT2D eigenvalue weighted by molar-refractivity contribution is 5.57. The van der Waals surface area contributed by atoms with Crippen LogP contribution in [0, 0.1) is 0 Å². The van der Waals surface area contributed by atoms with E-state index in [0.717, 1.165) is 24.3 Å². The molecule has 1 fully saturated rings. The summed E-state index contributed by atoms with van der Waals surface area (Å²) in [5.74, 6) is 0. The molecule has 4 nitrogen and oxygen atoms in total.